The Bertz CT molecular complexity index is 517. The van der Waals surface area contributed by atoms with Gasteiger partial charge in [-0.2, -0.15) is 5.26 Å². The molecule has 0 amide bonds. The molecular weight excluding hydrogens is 186 g/mol. The highest BCUT2D eigenvalue weighted by atomic mass is 14.9. The Hall–Kier alpha value is -1.82. The zero-order valence-corrected chi connectivity index (χ0v) is 8.91. The lowest BCUT2D eigenvalue weighted by molar-refractivity contribution is 0.648. The van der Waals surface area contributed by atoms with E-state index in [1.165, 1.54) is 0 Å². The lowest BCUT2D eigenvalue weighted by Gasteiger charge is -2.07. The molecule has 0 radical (unpaired) electrons. The number of benzene rings is 1. The SMILES string of the molecule is CC(C)Cc1c(C#N)ccc2[nH]cnc12. The molecule has 0 aliphatic carbocycles. The lowest BCUT2D eigenvalue weighted by atomic mass is 9.97. The van der Waals surface area contributed by atoms with Crippen LogP contribution in [0.15, 0.2) is 18.5 Å². The number of aromatic nitrogens is 2. The normalized spacial score (nSPS) is 10.8. The van der Waals surface area contributed by atoms with Crippen molar-refractivity contribution in [2.75, 3.05) is 0 Å². The second-order valence-electron chi connectivity index (χ2n) is 4.10. The standard InChI is InChI=1S/C12H13N3/c1-8(2)5-10-9(6-13)3-4-11-12(10)15-7-14-11/h3-4,7-8H,5H2,1-2H3,(H,14,15). The third-order valence-electron chi connectivity index (χ3n) is 2.43. The molecule has 0 fully saturated rings. The van der Waals surface area contributed by atoms with Crippen LogP contribution in [0, 0.1) is 17.2 Å². The van der Waals surface area contributed by atoms with Gasteiger partial charge in [0.15, 0.2) is 0 Å². The second-order valence-corrected chi connectivity index (χ2v) is 4.10. The van der Waals surface area contributed by atoms with Crippen molar-refractivity contribution < 1.29 is 0 Å². The number of fused-ring (bicyclic) bond motifs is 1. The molecule has 0 spiro atoms. The number of hydrogen-bond acceptors (Lipinski definition) is 2. The first-order valence-corrected chi connectivity index (χ1v) is 5.07. The largest absolute Gasteiger partial charge is 0.345 e. The summed E-state index contributed by atoms with van der Waals surface area (Å²) in [6, 6.07) is 6.00. The summed E-state index contributed by atoms with van der Waals surface area (Å²) >= 11 is 0. The van der Waals surface area contributed by atoms with Gasteiger partial charge in [-0.05, 0) is 30.0 Å². The molecule has 0 bridgehead atoms. The van der Waals surface area contributed by atoms with Gasteiger partial charge >= 0.3 is 0 Å². The van der Waals surface area contributed by atoms with Crippen LogP contribution in [0.4, 0.5) is 0 Å². The van der Waals surface area contributed by atoms with Crippen molar-refractivity contribution in [3.05, 3.63) is 29.6 Å². The van der Waals surface area contributed by atoms with E-state index in [-0.39, 0.29) is 0 Å². The first kappa shape index (κ1) is 9.72. The minimum absolute atomic E-state index is 0.527. The van der Waals surface area contributed by atoms with Crippen LogP contribution in [-0.2, 0) is 6.42 Å². The van der Waals surface area contributed by atoms with Crippen LogP contribution in [0.3, 0.4) is 0 Å². The highest BCUT2D eigenvalue weighted by Gasteiger charge is 2.10. The highest BCUT2D eigenvalue weighted by Crippen LogP contribution is 2.21. The average Bonchev–Trinajstić information content (AvgIpc) is 2.65. The first-order valence-electron chi connectivity index (χ1n) is 5.07. The first-order chi connectivity index (χ1) is 7.22. The molecule has 15 heavy (non-hydrogen) atoms. The summed E-state index contributed by atoms with van der Waals surface area (Å²) in [5, 5.41) is 9.04. The predicted octanol–water partition coefficient (Wildman–Crippen LogP) is 2.63. The van der Waals surface area contributed by atoms with E-state index in [0.29, 0.717) is 5.92 Å². The maximum Gasteiger partial charge on any atom is 0.0995 e. The molecule has 0 aliphatic heterocycles. The molecule has 1 aromatic carbocycles. The third kappa shape index (κ3) is 1.71. The maximum absolute atomic E-state index is 9.04. The number of H-pyrrole nitrogens is 1. The van der Waals surface area contributed by atoms with Crippen LogP contribution < -0.4 is 0 Å². The molecule has 0 unspecified atom stereocenters. The van der Waals surface area contributed by atoms with E-state index < -0.39 is 0 Å². The Labute approximate surface area is 88.8 Å². The van der Waals surface area contributed by atoms with E-state index >= 15 is 0 Å². The van der Waals surface area contributed by atoms with Gasteiger partial charge in [0.2, 0.25) is 0 Å². The molecule has 3 heteroatoms. The number of hydrogen-bond donors (Lipinski definition) is 1. The smallest absolute Gasteiger partial charge is 0.0995 e. The van der Waals surface area contributed by atoms with Gasteiger partial charge in [-0.25, -0.2) is 4.98 Å². The molecule has 1 N–H and O–H groups in total. The molecule has 1 aromatic heterocycles. The Morgan fingerprint density at radius 3 is 2.93 bits per heavy atom. The van der Waals surface area contributed by atoms with E-state index in [1.807, 2.05) is 12.1 Å². The van der Waals surface area contributed by atoms with Crippen LogP contribution in [0.2, 0.25) is 0 Å². The Morgan fingerprint density at radius 1 is 1.47 bits per heavy atom. The van der Waals surface area contributed by atoms with E-state index in [0.717, 1.165) is 28.6 Å². The van der Waals surface area contributed by atoms with Crippen molar-refractivity contribution in [2.45, 2.75) is 20.3 Å². The number of nitrogens with zero attached hydrogens (tertiary/aromatic N) is 2. The molecule has 76 valence electrons. The van der Waals surface area contributed by atoms with Crippen molar-refractivity contribution in [1.29, 1.82) is 5.26 Å². The zero-order chi connectivity index (χ0) is 10.8. The minimum atomic E-state index is 0.527. The lowest BCUT2D eigenvalue weighted by Crippen LogP contribution is -1.98. The van der Waals surface area contributed by atoms with Gasteiger partial charge in [0, 0.05) is 0 Å². The molecular formula is C12H13N3. The summed E-state index contributed by atoms with van der Waals surface area (Å²) < 4.78 is 0. The van der Waals surface area contributed by atoms with E-state index in [4.69, 9.17) is 5.26 Å². The fraction of sp³-hybridized carbons (Fsp3) is 0.333. The molecule has 3 nitrogen and oxygen atoms in total. The van der Waals surface area contributed by atoms with Gasteiger partial charge in [0.05, 0.1) is 29.0 Å². The second kappa shape index (κ2) is 3.74. The van der Waals surface area contributed by atoms with Crippen LogP contribution >= 0.6 is 0 Å². The number of nitrogens with one attached hydrogen (secondary N) is 1. The van der Waals surface area contributed by atoms with Gasteiger partial charge in [-0.1, -0.05) is 13.8 Å². The Balaban J connectivity index is 2.64. The summed E-state index contributed by atoms with van der Waals surface area (Å²) in [6.45, 7) is 4.29. The van der Waals surface area contributed by atoms with Crippen LogP contribution in [0.5, 0.6) is 0 Å². The zero-order valence-electron chi connectivity index (χ0n) is 8.91. The predicted molar refractivity (Wildman–Crippen MR) is 59.4 cm³/mol. The van der Waals surface area contributed by atoms with Gasteiger partial charge in [-0.3, -0.25) is 0 Å². The summed E-state index contributed by atoms with van der Waals surface area (Å²) in [5.74, 6) is 0.527. The summed E-state index contributed by atoms with van der Waals surface area (Å²) in [5.41, 5.74) is 3.74. The van der Waals surface area contributed by atoms with Gasteiger partial charge < -0.3 is 4.98 Å². The van der Waals surface area contributed by atoms with Crippen molar-refractivity contribution in [2.24, 2.45) is 5.92 Å². The summed E-state index contributed by atoms with van der Waals surface area (Å²) in [7, 11) is 0. The Kier molecular flexibility index (Phi) is 2.42. The molecule has 0 atom stereocenters. The van der Waals surface area contributed by atoms with Crippen LogP contribution in [0.1, 0.15) is 25.0 Å². The maximum atomic E-state index is 9.04. The van der Waals surface area contributed by atoms with E-state index in [2.05, 4.69) is 29.9 Å². The van der Waals surface area contributed by atoms with Crippen molar-refractivity contribution in [1.82, 2.24) is 9.97 Å². The highest BCUT2D eigenvalue weighted by molar-refractivity contribution is 5.80. The Morgan fingerprint density at radius 2 is 2.27 bits per heavy atom. The molecule has 2 aromatic rings. The third-order valence-corrected chi connectivity index (χ3v) is 2.43. The van der Waals surface area contributed by atoms with E-state index in [9.17, 15) is 0 Å². The summed E-state index contributed by atoms with van der Waals surface area (Å²) in [4.78, 5) is 7.34. The summed E-state index contributed by atoms with van der Waals surface area (Å²) in [6.07, 6.45) is 2.57. The van der Waals surface area contributed by atoms with Crippen molar-refractivity contribution in [3.63, 3.8) is 0 Å². The average molecular weight is 199 g/mol. The molecule has 0 saturated carbocycles. The van der Waals surface area contributed by atoms with Crippen molar-refractivity contribution in [3.8, 4) is 6.07 Å². The number of rotatable bonds is 2. The molecule has 2 rings (SSSR count). The fourth-order valence-corrected chi connectivity index (χ4v) is 1.79. The van der Waals surface area contributed by atoms with Crippen molar-refractivity contribution >= 4 is 11.0 Å². The molecule has 0 saturated heterocycles. The van der Waals surface area contributed by atoms with E-state index in [1.54, 1.807) is 6.33 Å². The van der Waals surface area contributed by atoms with Gasteiger partial charge in [0.1, 0.15) is 0 Å². The quantitative estimate of drug-likeness (QED) is 0.808. The molecule has 1 heterocycles. The topological polar surface area (TPSA) is 52.5 Å². The minimum Gasteiger partial charge on any atom is -0.345 e. The molecule has 0 aliphatic rings. The fourth-order valence-electron chi connectivity index (χ4n) is 1.79. The monoisotopic (exact) mass is 199 g/mol. The van der Waals surface area contributed by atoms with Crippen LogP contribution in [-0.4, -0.2) is 9.97 Å². The van der Waals surface area contributed by atoms with Crippen LogP contribution in [0.25, 0.3) is 11.0 Å². The van der Waals surface area contributed by atoms with Gasteiger partial charge in [-0.15, -0.1) is 0 Å². The number of imidazole rings is 1. The number of nitriles is 1. The number of aromatic amines is 1. The van der Waals surface area contributed by atoms with Gasteiger partial charge in [0.25, 0.3) is 0 Å².